The molecule has 0 spiro atoms. The molecule has 0 aliphatic heterocycles. The van der Waals surface area contributed by atoms with E-state index in [1.165, 1.54) is 12.3 Å². The summed E-state index contributed by atoms with van der Waals surface area (Å²) < 4.78 is 27.7. The SMILES string of the molecule is C/C(N[C@H]1CC[C@H](C(C)=O)CC1)=C(/C=N)C(=O)N(CC(=O)c1c(Cl)ccnc1N)Cc1cc(F)cc(F)c1. The van der Waals surface area contributed by atoms with E-state index in [1.807, 2.05) is 0 Å². The zero-order valence-corrected chi connectivity index (χ0v) is 21.9. The highest BCUT2D eigenvalue weighted by atomic mass is 35.5. The van der Waals surface area contributed by atoms with E-state index in [2.05, 4.69) is 10.3 Å². The second-order valence-electron chi connectivity index (χ2n) is 9.40. The van der Waals surface area contributed by atoms with Crippen molar-refractivity contribution in [2.75, 3.05) is 12.3 Å². The van der Waals surface area contributed by atoms with Gasteiger partial charge in [-0.25, -0.2) is 13.8 Å². The van der Waals surface area contributed by atoms with Crippen LogP contribution in [0.1, 0.15) is 55.5 Å². The topological polar surface area (TPSA) is 129 Å². The Hall–Kier alpha value is -3.66. The molecule has 1 amide bonds. The Kier molecular flexibility index (Phi) is 9.68. The molecule has 38 heavy (non-hydrogen) atoms. The van der Waals surface area contributed by atoms with Crippen LogP contribution in [0.5, 0.6) is 0 Å². The number of nitrogens with two attached hydrogens (primary N) is 1. The zero-order valence-electron chi connectivity index (χ0n) is 21.2. The summed E-state index contributed by atoms with van der Waals surface area (Å²) in [4.78, 5) is 43.4. The summed E-state index contributed by atoms with van der Waals surface area (Å²) in [6, 6.07) is 4.22. The third-order valence-corrected chi connectivity index (χ3v) is 6.94. The second-order valence-corrected chi connectivity index (χ2v) is 9.81. The standard InChI is InChI=1S/C27H30ClF2N5O3/c1-15(34-21-5-3-18(4-6-21)16(2)36)22(12-31)27(38)35(13-17-9-19(29)11-20(30)10-17)14-24(37)25-23(28)7-8-33-26(25)32/h7-12,18,21,31,34H,3-6,13-14H2,1-2H3,(H2,32,33)/b22-15+,31-12?/t18-,21-. The summed E-state index contributed by atoms with van der Waals surface area (Å²) in [6.45, 7) is 2.39. The van der Waals surface area contributed by atoms with Gasteiger partial charge in [0.25, 0.3) is 5.91 Å². The molecule has 202 valence electrons. The summed E-state index contributed by atoms with van der Waals surface area (Å²) in [5.41, 5.74) is 6.28. The summed E-state index contributed by atoms with van der Waals surface area (Å²) in [6.07, 6.45) is 5.12. The Morgan fingerprint density at radius 3 is 2.34 bits per heavy atom. The third-order valence-electron chi connectivity index (χ3n) is 6.63. The van der Waals surface area contributed by atoms with Gasteiger partial charge in [0, 0.05) is 42.7 Å². The number of amides is 1. The number of anilines is 1. The quantitative estimate of drug-likeness (QED) is 0.229. The van der Waals surface area contributed by atoms with Crippen LogP contribution in [-0.2, 0) is 16.1 Å². The predicted molar refractivity (Wildman–Crippen MR) is 141 cm³/mol. The molecule has 1 aliphatic rings. The van der Waals surface area contributed by atoms with Crippen molar-refractivity contribution in [1.82, 2.24) is 15.2 Å². The summed E-state index contributed by atoms with van der Waals surface area (Å²) in [5.74, 6) is -2.91. The van der Waals surface area contributed by atoms with Gasteiger partial charge in [0.1, 0.15) is 23.2 Å². The fourth-order valence-corrected chi connectivity index (χ4v) is 4.89. The molecular formula is C27H30ClF2N5O3. The first kappa shape index (κ1) is 28.9. The van der Waals surface area contributed by atoms with Crippen LogP contribution in [0.2, 0.25) is 5.02 Å². The first-order chi connectivity index (χ1) is 18.0. The van der Waals surface area contributed by atoms with Gasteiger partial charge in [-0.05, 0) is 63.3 Å². The molecule has 8 nitrogen and oxygen atoms in total. The number of benzene rings is 1. The Morgan fingerprint density at radius 2 is 1.79 bits per heavy atom. The lowest BCUT2D eigenvalue weighted by atomic mass is 9.84. The van der Waals surface area contributed by atoms with E-state index in [4.69, 9.17) is 22.7 Å². The molecule has 0 radical (unpaired) electrons. The van der Waals surface area contributed by atoms with Crippen molar-refractivity contribution in [3.05, 3.63) is 69.5 Å². The lowest BCUT2D eigenvalue weighted by Gasteiger charge is -2.30. The van der Waals surface area contributed by atoms with E-state index in [-0.39, 0.29) is 51.8 Å². The highest BCUT2D eigenvalue weighted by Crippen LogP contribution is 2.26. The maximum atomic E-state index is 13.9. The van der Waals surface area contributed by atoms with Crippen molar-refractivity contribution in [3.8, 4) is 0 Å². The molecule has 1 saturated carbocycles. The molecule has 0 bridgehead atoms. The lowest BCUT2D eigenvalue weighted by molar-refractivity contribution is -0.126. The Morgan fingerprint density at radius 1 is 1.16 bits per heavy atom. The summed E-state index contributed by atoms with van der Waals surface area (Å²) in [7, 11) is 0. The average Bonchev–Trinajstić information content (AvgIpc) is 2.83. The van der Waals surface area contributed by atoms with Crippen molar-refractivity contribution >= 4 is 41.1 Å². The van der Waals surface area contributed by atoms with Crippen molar-refractivity contribution < 1.29 is 23.2 Å². The van der Waals surface area contributed by atoms with Crippen molar-refractivity contribution in [2.24, 2.45) is 5.92 Å². The third kappa shape index (κ3) is 7.22. The molecule has 0 saturated heterocycles. The van der Waals surface area contributed by atoms with Gasteiger partial charge in [-0.3, -0.25) is 14.4 Å². The maximum absolute atomic E-state index is 13.9. The van der Waals surface area contributed by atoms with Gasteiger partial charge in [0.05, 0.1) is 22.7 Å². The minimum absolute atomic E-state index is 0.00902. The normalized spacial score (nSPS) is 17.8. The number of hydrogen-bond donors (Lipinski definition) is 3. The molecule has 1 heterocycles. The fourth-order valence-electron chi connectivity index (χ4n) is 4.63. The number of ketones is 2. The maximum Gasteiger partial charge on any atom is 0.257 e. The number of aromatic nitrogens is 1. The zero-order chi connectivity index (χ0) is 28.0. The van der Waals surface area contributed by atoms with Gasteiger partial charge in [0.15, 0.2) is 5.78 Å². The highest BCUT2D eigenvalue weighted by molar-refractivity contribution is 6.34. The fraction of sp³-hybridized carbons (Fsp3) is 0.370. The number of Topliss-reactive ketones (excluding diaryl/α,β-unsaturated/α-hetero) is 2. The van der Waals surface area contributed by atoms with Crippen LogP contribution in [-0.4, -0.2) is 46.2 Å². The number of hydrogen-bond acceptors (Lipinski definition) is 7. The van der Waals surface area contributed by atoms with Gasteiger partial charge < -0.3 is 21.4 Å². The van der Waals surface area contributed by atoms with E-state index in [1.54, 1.807) is 13.8 Å². The molecular weight excluding hydrogens is 516 g/mol. The predicted octanol–water partition coefficient (Wildman–Crippen LogP) is 4.47. The van der Waals surface area contributed by atoms with Crippen LogP contribution in [0.3, 0.4) is 0 Å². The lowest BCUT2D eigenvalue weighted by Crippen LogP contribution is -2.39. The van der Waals surface area contributed by atoms with Gasteiger partial charge in [-0.1, -0.05) is 11.6 Å². The summed E-state index contributed by atoms with van der Waals surface area (Å²) >= 11 is 6.15. The van der Waals surface area contributed by atoms with Crippen molar-refractivity contribution in [2.45, 2.75) is 52.1 Å². The number of halogens is 3. The van der Waals surface area contributed by atoms with Crippen molar-refractivity contribution in [3.63, 3.8) is 0 Å². The average molecular weight is 546 g/mol. The van der Waals surface area contributed by atoms with E-state index in [0.717, 1.165) is 48.9 Å². The largest absolute Gasteiger partial charge is 0.385 e. The number of nitrogen functional groups attached to an aromatic ring is 1. The Labute approximate surface area is 224 Å². The van der Waals surface area contributed by atoms with Gasteiger partial charge in [0.2, 0.25) is 0 Å². The van der Waals surface area contributed by atoms with E-state index < -0.39 is 29.9 Å². The monoisotopic (exact) mass is 545 g/mol. The number of allylic oxidation sites excluding steroid dienone is 1. The Balaban J connectivity index is 1.89. The number of nitrogens with zero attached hydrogens (tertiary/aromatic N) is 2. The van der Waals surface area contributed by atoms with Crippen LogP contribution < -0.4 is 11.1 Å². The Bertz CT molecular complexity index is 1230. The van der Waals surface area contributed by atoms with Crippen LogP contribution in [0.25, 0.3) is 0 Å². The van der Waals surface area contributed by atoms with E-state index >= 15 is 0 Å². The first-order valence-corrected chi connectivity index (χ1v) is 12.5. The molecule has 0 unspecified atom stereocenters. The van der Waals surface area contributed by atoms with Crippen LogP contribution in [0.4, 0.5) is 14.6 Å². The van der Waals surface area contributed by atoms with Gasteiger partial charge >= 0.3 is 0 Å². The number of carbonyl (C=O) groups excluding carboxylic acids is 3. The van der Waals surface area contributed by atoms with Crippen LogP contribution in [0, 0.1) is 23.0 Å². The molecule has 1 aliphatic carbocycles. The molecule has 4 N–H and O–H groups in total. The number of rotatable bonds is 10. The number of carbonyl (C=O) groups is 3. The molecule has 1 fully saturated rings. The van der Waals surface area contributed by atoms with Crippen LogP contribution >= 0.6 is 11.6 Å². The molecule has 2 aromatic rings. The van der Waals surface area contributed by atoms with Gasteiger partial charge in [-0.15, -0.1) is 0 Å². The van der Waals surface area contributed by atoms with E-state index in [9.17, 15) is 23.2 Å². The highest BCUT2D eigenvalue weighted by Gasteiger charge is 2.27. The smallest absolute Gasteiger partial charge is 0.257 e. The van der Waals surface area contributed by atoms with Crippen LogP contribution in [0.15, 0.2) is 41.7 Å². The van der Waals surface area contributed by atoms with Crippen molar-refractivity contribution in [1.29, 1.82) is 5.41 Å². The first-order valence-electron chi connectivity index (χ1n) is 12.2. The number of nitrogens with one attached hydrogen (secondary N) is 2. The molecule has 1 aromatic carbocycles. The minimum Gasteiger partial charge on any atom is -0.385 e. The molecule has 1 aromatic heterocycles. The van der Waals surface area contributed by atoms with Gasteiger partial charge in [-0.2, -0.15) is 0 Å². The number of pyridine rings is 1. The molecule has 3 rings (SSSR count). The van der Waals surface area contributed by atoms with E-state index in [0.29, 0.717) is 11.8 Å². The minimum atomic E-state index is -0.833. The molecule has 11 heteroatoms. The molecule has 0 atom stereocenters. The summed E-state index contributed by atoms with van der Waals surface area (Å²) in [5, 5.41) is 11.2. The second kappa shape index (κ2) is 12.7.